The number of benzene rings is 2. The van der Waals surface area contributed by atoms with Gasteiger partial charge in [-0.05, 0) is 47.9 Å². The lowest BCUT2D eigenvalue weighted by molar-refractivity contribution is 0.0997. The smallest absolute Gasteiger partial charge is 0.296 e. The van der Waals surface area contributed by atoms with Gasteiger partial charge < -0.3 is 9.80 Å². The first-order valence-electron chi connectivity index (χ1n) is 10.6. The van der Waals surface area contributed by atoms with E-state index < -0.39 is 11.7 Å². The molecule has 2 aromatic carbocycles. The summed E-state index contributed by atoms with van der Waals surface area (Å²) in [5, 5.41) is 0.935. The van der Waals surface area contributed by atoms with Crippen molar-refractivity contribution in [3.63, 3.8) is 0 Å². The van der Waals surface area contributed by atoms with Crippen molar-refractivity contribution in [3.05, 3.63) is 77.1 Å². The topological polar surface area (TPSA) is 74.6 Å². The fourth-order valence-corrected chi connectivity index (χ4v) is 4.12. The van der Waals surface area contributed by atoms with Crippen molar-refractivity contribution in [1.82, 2.24) is 19.9 Å². The largest absolute Gasteiger partial charge is 0.369 e. The average Bonchev–Trinajstić information content (AvgIpc) is 3.24. The molecule has 0 atom stereocenters. The molecule has 0 saturated carbocycles. The molecule has 1 aliphatic rings. The van der Waals surface area contributed by atoms with Crippen LogP contribution in [-0.2, 0) is 6.42 Å². The van der Waals surface area contributed by atoms with Crippen LogP contribution >= 0.6 is 11.6 Å². The van der Waals surface area contributed by atoms with Crippen LogP contribution in [-0.4, -0.2) is 52.7 Å². The van der Waals surface area contributed by atoms with Gasteiger partial charge in [-0.25, -0.2) is 14.4 Å². The summed E-state index contributed by atoms with van der Waals surface area (Å²) >= 11 is 6.06. The number of hydrogen-bond donors (Lipinski definition) is 0. The molecule has 5 rings (SSSR count). The number of fused-ring (bicyclic) bond motifs is 2. The Morgan fingerprint density at radius 1 is 1.12 bits per heavy atom. The molecule has 7 nitrogen and oxygen atoms in total. The Morgan fingerprint density at radius 2 is 1.94 bits per heavy atom. The monoisotopic (exact) mass is 474 g/mol. The minimum absolute atomic E-state index is 0.0836. The molecule has 170 valence electrons. The fraction of sp³-hybridized carbons (Fsp3) is 0.160. The zero-order valence-electron chi connectivity index (χ0n) is 18.5. The molecular weight excluding hydrogens is 455 g/mol. The van der Waals surface area contributed by atoms with Gasteiger partial charge >= 0.3 is 0 Å². The van der Waals surface area contributed by atoms with Crippen LogP contribution in [0.2, 0.25) is 5.02 Å². The highest BCUT2D eigenvalue weighted by Gasteiger charge is 2.25. The molecule has 34 heavy (non-hydrogen) atoms. The van der Waals surface area contributed by atoms with E-state index in [0.717, 1.165) is 39.1 Å². The van der Waals surface area contributed by atoms with Crippen molar-refractivity contribution in [2.45, 2.75) is 6.42 Å². The second-order valence-electron chi connectivity index (χ2n) is 8.17. The molecule has 0 aliphatic carbocycles. The lowest BCUT2D eigenvalue weighted by Crippen LogP contribution is -2.15. The van der Waals surface area contributed by atoms with E-state index in [0.29, 0.717) is 13.0 Å². The molecule has 4 aromatic rings. The number of aliphatic imine (C=N–C) groups is 1. The highest BCUT2D eigenvalue weighted by molar-refractivity contribution is 6.31. The SMILES string of the molecule is CN(C)C=NC(=O)c1ccc(-c2ccc3ncnc(N4CCc5cc(F)c(Cl)cc54)c3c2)cn1. The van der Waals surface area contributed by atoms with Gasteiger partial charge in [-0.15, -0.1) is 0 Å². The highest BCUT2D eigenvalue weighted by Crippen LogP contribution is 2.39. The van der Waals surface area contributed by atoms with Crippen LogP contribution in [0.25, 0.3) is 22.0 Å². The van der Waals surface area contributed by atoms with Gasteiger partial charge in [0.05, 0.1) is 16.9 Å². The Labute approximate surface area is 200 Å². The second-order valence-corrected chi connectivity index (χ2v) is 8.58. The predicted molar refractivity (Wildman–Crippen MR) is 131 cm³/mol. The fourth-order valence-electron chi connectivity index (χ4n) is 3.96. The van der Waals surface area contributed by atoms with Crippen molar-refractivity contribution < 1.29 is 9.18 Å². The number of anilines is 2. The van der Waals surface area contributed by atoms with E-state index in [2.05, 4.69) is 19.9 Å². The maximum absolute atomic E-state index is 13.9. The third kappa shape index (κ3) is 4.08. The Kier molecular flexibility index (Phi) is 5.67. The zero-order chi connectivity index (χ0) is 23.8. The molecule has 3 heterocycles. The molecule has 9 heteroatoms. The van der Waals surface area contributed by atoms with Crippen LogP contribution in [0.5, 0.6) is 0 Å². The lowest BCUT2D eigenvalue weighted by atomic mass is 10.0. The molecule has 2 aromatic heterocycles. The molecule has 1 aliphatic heterocycles. The number of hydrogen-bond acceptors (Lipinski definition) is 5. The second kappa shape index (κ2) is 8.79. The van der Waals surface area contributed by atoms with E-state index in [-0.39, 0.29) is 10.7 Å². The third-order valence-electron chi connectivity index (χ3n) is 5.61. The van der Waals surface area contributed by atoms with E-state index in [1.165, 1.54) is 18.7 Å². The highest BCUT2D eigenvalue weighted by atomic mass is 35.5. The maximum Gasteiger partial charge on any atom is 0.296 e. The number of amides is 1. The van der Waals surface area contributed by atoms with Gasteiger partial charge in [0, 0.05) is 43.5 Å². The molecule has 0 saturated heterocycles. The van der Waals surface area contributed by atoms with E-state index in [9.17, 15) is 9.18 Å². The van der Waals surface area contributed by atoms with Gasteiger partial charge in [0.15, 0.2) is 0 Å². The summed E-state index contributed by atoms with van der Waals surface area (Å²) in [6.45, 7) is 0.664. The minimum Gasteiger partial charge on any atom is -0.369 e. The molecule has 0 unspecified atom stereocenters. The predicted octanol–water partition coefficient (Wildman–Crippen LogP) is 4.91. The minimum atomic E-state index is -0.418. The molecule has 0 radical (unpaired) electrons. The van der Waals surface area contributed by atoms with Crippen molar-refractivity contribution in [3.8, 4) is 11.1 Å². The number of pyridine rings is 1. The molecule has 0 spiro atoms. The van der Waals surface area contributed by atoms with E-state index in [1.807, 2.05) is 29.2 Å². The zero-order valence-corrected chi connectivity index (χ0v) is 19.3. The Balaban J connectivity index is 1.51. The lowest BCUT2D eigenvalue weighted by Gasteiger charge is -2.20. The number of rotatable bonds is 4. The standard InChI is InChI=1S/C25H20ClFN6O/c1-32(2)14-31-25(34)22-6-4-17(12-28-22)15-3-5-21-18(9-15)24(30-13-29-21)33-8-7-16-10-20(27)19(26)11-23(16)33/h3-6,9-14H,7-8H2,1-2H3. The summed E-state index contributed by atoms with van der Waals surface area (Å²) in [6, 6.07) is 12.5. The summed E-state index contributed by atoms with van der Waals surface area (Å²) < 4.78 is 13.9. The Bertz CT molecular complexity index is 1440. The van der Waals surface area contributed by atoms with Crippen molar-refractivity contribution >= 4 is 46.3 Å². The van der Waals surface area contributed by atoms with Gasteiger partial charge in [-0.2, -0.15) is 4.99 Å². The summed E-state index contributed by atoms with van der Waals surface area (Å²) in [6.07, 6.45) is 5.32. The molecule has 0 fully saturated rings. The van der Waals surface area contributed by atoms with Gasteiger partial charge in [0.1, 0.15) is 23.7 Å². The number of carbonyl (C=O) groups is 1. The van der Waals surface area contributed by atoms with Crippen LogP contribution < -0.4 is 4.90 Å². The quantitative estimate of drug-likeness (QED) is 0.309. The first-order chi connectivity index (χ1) is 16.4. The first-order valence-corrected chi connectivity index (χ1v) is 11.0. The molecule has 0 N–H and O–H groups in total. The number of halogens is 2. The maximum atomic E-state index is 13.9. The van der Waals surface area contributed by atoms with E-state index in [4.69, 9.17) is 11.6 Å². The van der Waals surface area contributed by atoms with Crippen LogP contribution in [0.1, 0.15) is 16.1 Å². The summed E-state index contributed by atoms with van der Waals surface area (Å²) in [4.78, 5) is 33.0. The van der Waals surface area contributed by atoms with Crippen LogP contribution in [0, 0.1) is 5.82 Å². The van der Waals surface area contributed by atoms with Crippen LogP contribution in [0.3, 0.4) is 0 Å². The van der Waals surface area contributed by atoms with Crippen molar-refractivity contribution in [2.75, 3.05) is 25.5 Å². The van der Waals surface area contributed by atoms with Gasteiger partial charge in [-0.3, -0.25) is 9.78 Å². The Hall–Kier alpha value is -3.91. The first kappa shape index (κ1) is 21.9. The molecular formula is C25H20ClFN6O. The summed E-state index contributed by atoms with van der Waals surface area (Å²) in [5.41, 5.74) is 4.55. The summed E-state index contributed by atoms with van der Waals surface area (Å²) in [5.74, 6) is -0.0952. The number of nitrogens with zero attached hydrogens (tertiary/aromatic N) is 6. The normalized spacial score (nSPS) is 13.0. The van der Waals surface area contributed by atoms with Crippen molar-refractivity contribution in [2.24, 2.45) is 4.99 Å². The van der Waals surface area contributed by atoms with Gasteiger partial charge in [-0.1, -0.05) is 23.7 Å². The number of carbonyl (C=O) groups excluding carboxylic acids is 1. The third-order valence-corrected chi connectivity index (χ3v) is 5.90. The van der Waals surface area contributed by atoms with Crippen LogP contribution in [0.4, 0.5) is 15.9 Å². The van der Waals surface area contributed by atoms with Gasteiger partial charge in [0.25, 0.3) is 5.91 Å². The summed E-state index contributed by atoms with van der Waals surface area (Å²) in [7, 11) is 3.58. The Morgan fingerprint density at radius 3 is 2.71 bits per heavy atom. The average molecular weight is 475 g/mol. The molecule has 1 amide bonds. The number of aromatic nitrogens is 3. The van der Waals surface area contributed by atoms with E-state index >= 15 is 0 Å². The van der Waals surface area contributed by atoms with Gasteiger partial charge in [0.2, 0.25) is 0 Å². The van der Waals surface area contributed by atoms with Crippen molar-refractivity contribution in [1.29, 1.82) is 0 Å². The molecule has 0 bridgehead atoms. The van der Waals surface area contributed by atoms with Crippen LogP contribution in [0.15, 0.2) is 60.0 Å². The van der Waals surface area contributed by atoms with E-state index in [1.54, 1.807) is 37.3 Å².